The van der Waals surface area contributed by atoms with Gasteiger partial charge in [-0.25, -0.2) is 0 Å². The maximum atomic E-state index is 12.7. The summed E-state index contributed by atoms with van der Waals surface area (Å²) in [6.07, 6.45) is 0.218. The first-order valence-corrected chi connectivity index (χ1v) is 8.68. The van der Waals surface area contributed by atoms with E-state index in [2.05, 4.69) is 5.10 Å². The highest BCUT2D eigenvalue weighted by Gasteiger charge is 2.41. The first-order valence-electron chi connectivity index (χ1n) is 8.68. The van der Waals surface area contributed by atoms with Crippen molar-refractivity contribution in [3.05, 3.63) is 47.8 Å². The Morgan fingerprint density at radius 1 is 1.40 bits per heavy atom. The number of ether oxygens (including phenoxy) is 1. The molecule has 0 saturated carbocycles. The van der Waals surface area contributed by atoms with Crippen molar-refractivity contribution >= 4 is 5.91 Å². The normalized spacial score (nSPS) is 23.5. The third-order valence-electron chi connectivity index (χ3n) is 4.67. The van der Waals surface area contributed by atoms with Crippen LogP contribution in [0.3, 0.4) is 0 Å². The molecule has 1 aromatic heterocycles. The number of para-hydroxylation sites is 1. The summed E-state index contributed by atoms with van der Waals surface area (Å²) < 4.78 is 7.74. The van der Waals surface area contributed by atoms with Crippen molar-refractivity contribution in [2.24, 2.45) is 0 Å². The summed E-state index contributed by atoms with van der Waals surface area (Å²) in [6.45, 7) is 7.13. The van der Waals surface area contributed by atoms with Crippen LogP contribution in [0.2, 0.25) is 0 Å². The fourth-order valence-corrected chi connectivity index (χ4v) is 3.27. The summed E-state index contributed by atoms with van der Waals surface area (Å²) in [6, 6.07) is 11.3. The van der Waals surface area contributed by atoms with Crippen molar-refractivity contribution < 1.29 is 14.6 Å². The molecule has 3 rings (SSSR count). The molecule has 1 saturated heterocycles. The lowest BCUT2D eigenvalue weighted by atomic mass is 9.91. The molecule has 0 unspecified atom stereocenters. The van der Waals surface area contributed by atoms with Crippen molar-refractivity contribution in [3.8, 4) is 5.75 Å². The lowest BCUT2D eigenvalue weighted by Crippen LogP contribution is -2.58. The Morgan fingerprint density at radius 2 is 2.12 bits per heavy atom. The molecule has 1 aliphatic heterocycles. The molecule has 2 atom stereocenters. The number of nitrogens with zero attached hydrogens (tertiary/aromatic N) is 3. The Kier molecular flexibility index (Phi) is 4.81. The molecule has 1 amide bonds. The van der Waals surface area contributed by atoms with Crippen LogP contribution in [0.5, 0.6) is 5.75 Å². The quantitative estimate of drug-likeness (QED) is 0.925. The van der Waals surface area contributed by atoms with Crippen LogP contribution in [-0.4, -0.2) is 50.5 Å². The van der Waals surface area contributed by atoms with Gasteiger partial charge in [0.05, 0.1) is 6.54 Å². The van der Waals surface area contributed by atoms with Crippen molar-refractivity contribution in [2.75, 3.05) is 13.1 Å². The molecular weight excluding hydrogens is 318 g/mol. The van der Waals surface area contributed by atoms with Gasteiger partial charge in [-0.05, 0) is 39.0 Å². The summed E-state index contributed by atoms with van der Waals surface area (Å²) in [5.41, 5.74) is 0.268. The van der Waals surface area contributed by atoms with Gasteiger partial charge in [-0.3, -0.25) is 9.48 Å². The fraction of sp³-hybridized carbons (Fsp3) is 0.474. The SMILES string of the molecule is CCn1nc(C(=O)N2CC[C@H](Oc3ccccc3)[C@@](C)(O)C2)cc1C. The van der Waals surface area contributed by atoms with Crippen molar-refractivity contribution in [2.45, 2.75) is 45.4 Å². The lowest BCUT2D eigenvalue weighted by molar-refractivity contribution is -0.0900. The minimum Gasteiger partial charge on any atom is -0.487 e. The molecule has 1 N–H and O–H groups in total. The van der Waals surface area contributed by atoms with E-state index in [0.717, 1.165) is 18.0 Å². The number of aliphatic hydroxyl groups is 1. The van der Waals surface area contributed by atoms with E-state index in [9.17, 15) is 9.90 Å². The van der Waals surface area contributed by atoms with E-state index in [0.29, 0.717) is 18.7 Å². The number of hydrogen-bond donors (Lipinski definition) is 1. The van der Waals surface area contributed by atoms with Crippen LogP contribution in [0.1, 0.15) is 36.5 Å². The minimum absolute atomic E-state index is 0.145. The maximum absolute atomic E-state index is 12.7. The van der Waals surface area contributed by atoms with Gasteiger partial charge in [0.1, 0.15) is 17.5 Å². The molecule has 134 valence electrons. The van der Waals surface area contributed by atoms with Crippen molar-refractivity contribution in [1.29, 1.82) is 0 Å². The Morgan fingerprint density at radius 3 is 2.72 bits per heavy atom. The molecule has 0 aliphatic carbocycles. The van der Waals surface area contributed by atoms with E-state index < -0.39 is 5.60 Å². The summed E-state index contributed by atoms with van der Waals surface area (Å²) in [5.74, 6) is 0.582. The maximum Gasteiger partial charge on any atom is 0.274 e. The number of benzene rings is 1. The molecule has 1 aromatic carbocycles. The van der Waals surface area contributed by atoms with Gasteiger partial charge in [0, 0.05) is 25.2 Å². The third-order valence-corrected chi connectivity index (χ3v) is 4.67. The van der Waals surface area contributed by atoms with E-state index >= 15 is 0 Å². The van der Waals surface area contributed by atoms with Crippen LogP contribution in [0.25, 0.3) is 0 Å². The first-order chi connectivity index (χ1) is 11.9. The monoisotopic (exact) mass is 343 g/mol. The molecule has 1 fully saturated rings. The second kappa shape index (κ2) is 6.88. The predicted octanol–water partition coefficient (Wildman–Crippen LogP) is 2.26. The van der Waals surface area contributed by atoms with Gasteiger partial charge in [-0.2, -0.15) is 5.10 Å². The van der Waals surface area contributed by atoms with E-state index in [4.69, 9.17) is 4.74 Å². The molecule has 6 heteroatoms. The molecule has 0 radical (unpaired) electrons. The van der Waals surface area contributed by atoms with Gasteiger partial charge in [0.15, 0.2) is 5.69 Å². The number of β-amino-alcohol motifs (C(OH)–C–C–N with tert-alkyl or cyclic N) is 1. The topological polar surface area (TPSA) is 67.6 Å². The summed E-state index contributed by atoms with van der Waals surface area (Å²) in [4.78, 5) is 14.4. The van der Waals surface area contributed by atoms with Gasteiger partial charge >= 0.3 is 0 Å². The van der Waals surface area contributed by atoms with Crippen molar-refractivity contribution in [1.82, 2.24) is 14.7 Å². The Bertz CT molecular complexity index is 740. The number of aromatic nitrogens is 2. The van der Waals surface area contributed by atoms with Crippen LogP contribution >= 0.6 is 0 Å². The molecule has 0 bridgehead atoms. The molecular formula is C19H25N3O3. The zero-order valence-electron chi connectivity index (χ0n) is 15.0. The molecule has 2 aromatic rings. The Labute approximate surface area is 148 Å². The smallest absolute Gasteiger partial charge is 0.274 e. The Balaban J connectivity index is 1.69. The molecule has 6 nitrogen and oxygen atoms in total. The standard InChI is InChI=1S/C19H25N3O3/c1-4-22-14(2)12-16(20-22)18(23)21-11-10-17(19(3,24)13-21)25-15-8-6-5-7-9-15/h5-9,12,17,24H,4,10-11,13H2,1-3H3/t17-,19-/m0/s1. The number of carbonyl (C=O) groups excluding carboxylic acids is 1. The average molecular weight is 343 g/mol. The number of rotatable bonds is 4. The van der Waals surface area contributed by atoms with Crippen LogP contribution in [-0.2, 0) is 6.54 Å². The average Bonchev–Trinajstić information content (AvgIpc) is 2.97. The van der Waals surface area contributed by atoms with Crippen LogP contribution in [0.4, 0.5) is 0 Å². The van der Waals surface area contributed by atoms with Gasteiger partial charge in [0.2, 0.25) is 0 Å². The fourth-order valence-electron chi connectivity index (χ4n) is 3.27. The second-order valence-electron chi connectivity index (χ2n) is 6.78. The number of amides is 1. The van der Waals surface area contributed by atoms with Crippen LogP contribution in [0.15, 0.2) is 36.4 Å². The van der Waals surface area contributed by atoms with E-state index in [1.807, 2.05) is 44.2 Å². The number of piperidine rings is 1. The molecule has 0 spiro atoms. The highest BCUT2D eigenvalue weighted by Crippen LogP contribution is 2.27. The predicted molar refractivity (Wildman–Crippen MR) is 94.6 cm³/mol. The van der Waals surface area contributed by atoms with Crippen LogP contribution in [0, 0.1) is 6.92 Å². The number of likely N-dealkylation sites (tertiary alicyclic amines) is 1. The van der Waals surface area contributed by atoms with Gasteiger partial charge in [0.25, 0.3) is 5.91 Å². The van der Waals surface area contributed by atoms with Crippen LogP contribution < -0.4 is 4.74 Å². The first kappa shape index (κ1) is 17.5. The molecule has 25 heavy (non-hydrogen) atoms. The summed E-state index contributed by atoms with van der Waals surface area (Å²) in [5, 5.41) is 15.2. The minimum atomic E-state index is -1.12. The van der Waals surface area contributed by atoms with E-state index in [1.54, 1.807) is 22.6 Å². The Hall–Kier alpha value is -2.34. The third kappa shape index (κ3) is 3.69. The van der Waals surface area contributed by atoms with E-state index in [1.165, 1.54) is 0 Å². The van der Waals surface area contributed by atoms with Gasteiger partial charge in [-0.1, -0.05) is 18.2 Å². The highest BCUT2D eigenvalue weighted by molar-refractivity contribution is 5.92. The zero-order valence-corrected chi connectivity index (χ0v) is 15.0. The number of aryl methyl sites for hydroxylation is 2. The summed E-state index contributed by atoms with van der Waals surface area (Å²) >= 11 is 0. The second-order valence-corrected chi connectivity index (χ2v) is 6.78. The van der Waals surface area contributed by atoms with E-state index in [-0.39, 0.29) is 18.6 Å². The number of carbonyl (C=O) groups is 1. The zero-order chi connectivity index (χ0) is 18.0. The largest absolute Gasteiger partial charge is 0.487 e. The lowest BCUT2D eigenvalue weighted by Gasteiger charge is -2.42. The molecule has 2 heterocycles. The van der Waals surface area contributed by atoms with Gasteiger partial charge in [-0.15, -0.1) is 0 Å². The molecule has 1 aliphatic rings. The number of hydrogen-bond acceptors (Lipinski definition) is 4. The summed E-state index contributed by atoms with van der Waals surface area (Å²) in [7, 11) is 0. The highest BCUT2D eigenvalue weighted by atomic mass is 16.5. The van der Waals surface area contributed by atoms with Gasteiger partial charge < -0.3 is 14.7 Å². The van der Waals surface area contributed by atoms with Crippen molar-refractivity contribution in [3.63, 3.8) is 0 Å².